The van der Waals surface area contributed by atoms with Crippen molar-refractivity contribution in [3.63, 3.8) is 0 Å². The number of hydrogen-bond donors (Lipinski definition) is 2. The minimum Gasteiger partial charge on any atom is -0.353 e. The Hall–Kier alpha value is -1.96. The van der Waals surface area contributed by atoms with E-state index in [0.717, 1.165) is 0 Å². The molecule has 2 saturated carbocycles. The van der Waals surface area contributed by atoms with Crippen molar-refractivity contribution >= 4 is 23.5 Å². The maximum absolute atomic E-state index is 13.8. The standard InChI is InChI=1S/C21H25ClF3N3O2/c1-12-18(29)26-8-9-28(12)19(30)27-17(14-2-3-16(23)15(22)10-14)13-4-6-20(7-5-13)11-21(20,24)25/h2-3,10,12-13,17H,4-9,11H2,1H3,(H,26,29)(H,27,30)/t12-,13?,17-,20?/m1/s1. The predicted octanol–water partition coefficient (Wildman–Crippen LogP) is 4.27. The van der Waals surface area contributed by atoms with Crippen LogP contribution in [0.2, 0.25) is 5.02 Å². The second kappa shape index (κ2) is 7.62. The lowest BCUT2D eigenvalue weighted by Crippen LogP contribution is -2.58. The summed E-state index contributed by atoms with van der Waals surface area (Å²) < 4.78 is 41.3. The second-order valence-corrected chi connectivity index (χ2v) is 9.17. The number of nitrogens with one attached hydrogen (secondary N) is 2. The number of amides is 3. The van der Waals surface area contributed by atoms with Crippen LogP contribution < -0.4 is 10.6 Å². The van der Waals surface area contributed by atoms with Gasteiger partial charge in [-0.25, -0.2) is 18.0 Å². The molecular weight excluding hydrogens is 419 g/mol. The lowest BCUT2D eigenvalue weighted by atomic mass is 9.74. The summed E-state index contributed by atoms with van der Waals surface area (Å²) in [7, 11) is 0. The molecule has 1 aromatic carbocycles. The molecular formula is C21H25ClF3N3O2. The summed E-state index contributed by atoms with van der Waals surface area (Å²) in [5.74, 6) is -3.46. The van der Waals surface area contributed by atoms with Crippen LogP contribution >= 0.6 is 11.6 Å². The molecule has 2 aliphatic carbocycles. The molecule has 1 aliphatic heterocycles. The molecule has 1 aromatic rings. The zero-order chi connectivity index (χ0) is 21.7. The smallest absolute Gasteiger partial charge is 0.318 e. The number of piperazine rings is 1. The molecule has 1 saturated heterocycles. The Morgan fingerprint density at radius 2 is 2.00 bits per heavy atom. The maximum Gasteiger partial charge on any atom is 0.318 e. The van der Waals surface area contributed by atoms with E-state index in [9.17, 15) is 22.8 Å². The predicted molar refractivity (Wildman–Crippen MR) is 106 cm³/mol. The highest BCUT2D eigenvalue weighted by molar-refractivity contribution is 6.30. The summed E-state index contributed by atoms with van der Waals surface area (Å²) >= 11 is 5.97. The summed E-state index contributed by atoms with van der Waals surface area (Å²) in [5.41, 5.74) is -0.259. The van der Waals surface area contributed by atoms with Gasteiger partial charge in [-0.3, -0.25) is 4.79 Å². The van der Waals surface area contributed by atoms with Gasteiger partial charge >= 0.3 is 6.03 Å². The Morgan fingerprint density at radius 3 is 2.60 bits per heavy atom. The lowest BCUT2D eigenvalue weighted by Gasteiger charge is -2.38. The number of rotatable bonds is 3. The van der Waals surface area contributed by atoms with Gasteiger partial charge in [0.1, 0.15) is 11.9 Å². The first-order valence-corrected chi connectivity index (χ1v) is 10.7. The lowest BCUT2D eigenvalue weighted by molar-refractivity contribution is -0.126. The number of halogens is 4. The number of carbonyl (C=O) groups is 2. The summed E-state index contributed by atoms with van der Waals surface area (Å²) in [4.78, 5) is 26.4. The molecule has 3 aliphatic rings. The van der Waals surface area contributed by atoms with Crippen LogP contribution in [0.25, 0.3) is 0 Å². The van der Waals surface area contributed by atoms with Crippen molar-refractivity contribution in [2.24, 2.45) is 11.3 Å². The maximum atomic E-state index is 13.8. The molecule has 4 rings (SSSR count). The fourth-order valence-corrected chi connectivity index (χ4v) is 5.09. The zero-order valence-electron chi connectivity index (χ0n) is 16.7. The molecule has 3 amide bonds. The molecule has 2 atom stereocenters. The van der Waals surface area contributed by atoms with Crippen molar-refractivity contribution in [3.8, 4) is 0 Å². The van der Waals surface area contributed by atoms with Crippen LogP contribution in [-0.4, -0.2) is 41.9 Å². The number of alkyl halides is 2. The number of hydrogen-bond acceptors (Lipinski definition) is 2. The van der Waals surface area contributed by atoms with Gasteiger partial charge in [-0.1, -0.05) is 17.7 Å². The molecule has 0 bridgehead atoms. The molecule has 3 fully saturated rings. The Bertz CT molecular complexity index is 858. The van der Waals surface area contributed by atoms with E-state index in [0.29, 0.717) is 44.3 Å². The molecule has 0 radical (unpaired) electrons. The van der Waals surface area contributed by atoms with Crippen molar-refractivity contribution in [2.45, 2.75) is 57.0 Å². The van der Waals surface area contributed by atoms with Gasteiger partial charge in [-0.05, 0) is 56.2 Å². The first-order valence-electron chi connectivity index (χ1n) is 10.3. The van der Waals surface area contributed by atoms with Crippen molar-refractivity contribution in [2.75, 3.05) is 13.1 Å². The number of carbonyl (C=O) groups excluding carboxylic acids is 2. The van der Waals surface area contributed by atoms with Crippen molar-refractivity contribution in [1.82, 2.24) is 15.5 Å². The van der Waals surface area contributed by atoms with E-state index in [1.807, 2.05) is 0 Å². The van der Waals surface area contributed by atoms with Crippen LogP contribution in [0, 0.1) is 17.2 Å². The monoisotopic (exact) mass is 443 g/mol. The molecule has 30 heavy (non-hydrogen) atoms. The average molecular weight is 444 g/mol. The van der Waals surface area contributed by atoms with Crippen LogP contribution in [0.1, 0.15) is 50.6 Å². The van der Waals surface area contributed by atoms with Gasteiger partial charge in [0.2, 0.25) is 5.91 Å². The number of urea groups is 1. The fourth-order valence-electron chi connectivity index (χ4n) is 4.90. The Labute approximate surface area is 178 Å². The topological polar surface area (TPSA) is 61.4 Å². The largest absolute Gasteiger partial charge is 0.353 e. The van der Waals surface area contributed by atoms with Gasteiger partial charge in [0, 0.05) is 24.9 Å². The first-order chi connectivity index (χ1) is 14.1. The number of nitrogens with zero attached hydrogens (tertiary/aromatic N) is 1. The summed E-state index contributed by atoms with van der Waals surface area (Å²) in [5, 5.41) is 5.63. The van der Waals surface area contributed by atoms with Crippen molar-refractivity contribution in [3.05, 3.63) is 34.6 Å². The van der Waals surface area contributed by atoms with E-state index in [-0.39, 0.29) is 23.3 Å². The summed E-state index contributed by atoms with van der Waals surface area (Å²) in [6.07, 6.45) is 1.80. The fraction of sp³-hybridized carbons (Fsp3) is 0.619. The zero-order valence-corrected chi connectivity index (χ0v) is 17.4. The van der Waals surface area contributed by atoms with E-state index >= 15 is 0 Å². The molecule has 1 heterocycles. The summed E-state index contributed by atoms with van der Waals surface area (Å²) in [6, 6.07) is 2.76. The normalized spacial score (nSPS) is 31.2. The highest BCUT2D eigenvalue weighted by Crippen LogP contribution is 2.68. The highest BCUT2D eigenvalue weighted by atomic mass is 35.5. The van der Waals surface area contributed by atoms with Gasteiger partial charge in [0.05, 0.1) is 11.1 Å². The Kier molecular flexibility index (Phi) is 5.41. The molecule has 164 valence electrons. The van der Waals surface area contributed by atoms with Crippen LogP contribution in [0.15, 0.2) is 18.2 Å². The van der Waals surface area contributed by atoms with E-state index < -0.39 is 35.3 Å². The van der Waals surface area contributed by atoms with Gasteiger partial charge in [-0.2, -0.15) is 0 Å². The van der Waals surface area contributed by atoms with Gasteiger partial charge in [0.15, 0.2) is 0 Å². The molecule has 9 heteroatoms. The van der Waals surface area contributed by atoms with E-state index in [4.69, 9.17) is 11.6 Å². The highest BCUT2D eigenvalue weighted by Gasteiger charge is 2.70. The van der Waals surface area contributed by atoms with E-state index in [1.165, 1.54) is 17.0 Å². The molecule has 1 spiro atoms. The van der Waals surface area contributed by atoms with Crippen LogP contribution in [0.5, 0.6) is 0 Å². The van der Waals surface area contributed by atoms with Crippen LogP contribution in [0.3, 0.4) is 0 Å². The minimum absolute atomic E-state index is 0.0570. The van der Waals surface area contributed by atoms with Crippen LogP contribution in [0.4, 0.5) is 18.0 Å². The average Bonchev–Trinajstić information content (AvgIpc) is 3.24. The number of benzene rings is 1. The van der Waals surface area contributed by atoms with Crippen molar-refractivity contribution < 1.29 is 22.8 Å². The first kappa shape index (κ1) is 21.3. The molecule has 0 aromatic heterocycles. The minimum atomic E-state index is -2.59. The molecule has 0 unspecified atom stereocenters. The summed E-state index contributed by atoms with van der Waals surface area (Å²) in [6.45, 7) is 2.39. The Balaban J connectivity index is 1.54. The third kappa shape index (κ3) is 3.74. The van der Waals surface area contributed by atoms with Gasteiger partial charge in [-0.15, -0.1) is 0 Å². The third-order valence-electron chi connectivity index (χ3n) is 7.01. The van der Waals surface area contributed by atoms with Crippen LogP contribution in [-0.2, 0) is 4.79 Å². The third-order valence-corrected chi connectivity index (χ3v) is 7.30. The van der Waals surface area contributed by atoms with Gasteiger partial charge in [0.25, 0.3) is 5.92 Å². The molecule has 5 nitrogen and oxygen atoms in total. The quantitative estimate of drug-likeness (QED) is 0.733. The van der Waals surface area contributed by atoms with E-state index in [1.54, 1.807) is 13.0 Å². The van der Waals surface area contributed by atoms with Gasteiger partial charge < -0.3 is 15.5 Å². The van der Waals surface area contributed by atoms with Crippen molar-refractivity contribution in [1.29, 1.82) is 0 Å². The Morgan fingerprint density at radius 1 is 1.33 bits per heavy atom. The second-order valence-electron chi connectivity index (χ2n) is 8.76. The molecule has 2 N–H and O–H groups in total. The SMILES string of the molecule is C[C@@H]1C(=O)NCCN1C(=O)N[C@@H](c1ccc(F)c(Cl)c1)C1CCC2(CC1)CC2(F)F. The van der Waals surface area contributed by atoms with E-state index in [2.05, 4.69) is 10.6 Å².